The van der Waals surface area contributed by atoms with Crippen molar-refractivity contribution < 1.29 is 13.2 Å². The number of hydrogen-bond acceptors (Lipinski definition) is 5. The predicted octanol–water partition coefficient (Wildman–Crippen LogP) is 0.265. The molecule has 19 heavy (non-hydrogen) atoms. The van der Waals surface area contributed by atoms with E-state index < -0.39 is 15.9 Å². The van der Waals surface area contributed by atoms with Crippen molar-refractivity contribution in [2.45, 2.75) is 6.92 Å². The van der Waals surface area contributed by atoms with E-state index in [0.717, 1.165) is 11.9 Å². The molecule has 0 spiro atoms. The summed E-state index contributed by atoms with van der Waals surface area (Å²) < 4.78 is 25.5. The molecule has 0 unspecified atom stereocenters. The number of carbonyl (C=O) groups excluding carboxylic acids is 1. The van der Waals surface area contributed by atoms with E-state index in [-0.39, 0.29) is 5.56 Å². The van der Waals surface area contributed by atoms with Crippen LogP contribution in [-0.4, -0.2) is 35.3 Å². The number of amides is 1. The molecule has 8 heteroatoms. The highest BCUT2D eigenvalue weighted by Crippen LogP contribution is 2.13. The number of nitrogens with zero attached hydrogens (tertiary/aromatic N) is 3. The van der Waals surface area contributed by atoms with Crippen LogP contribution in [0.4, 0.5) is 0 Å². The molecule has 2 heterocycles. The minimum absolute atomic E-state index is 0.210. The maximum atomic E-state index is 11.8. The van der Waals surface area contributed by atoms with Crippen LogP contribution in [0.1, 0.15) is 16.1 Å². The highest BCUT2D eigenvalue weighted by molar-refractivity contribution is 7.89. The van der Waals surface area contributed by atoms with Crippen molar-refractivity contribution in [3.63, 3.8) is 0 Å². The lowest BCUT2D eigenvalue weighted by Gasteiger charge is -2.05. The van der Waals surface area contributed by atoms with Gasteiger partial charge in [0.2, 0.25) is 10.0 Å². The van der Waals surface area contributed by atoms with Gasteiger partial charge >= 0.3 is 0 Å². The molecular weight excluding hydrogens is 268 g/mol. The van der Waals surface area contributed by atoms with Crippen LogP contribution in [0.2, 0.25) is 0 Å². The van der Waals surface area contributed by atoms with Crippen molar-refractivity contribution in [3.05, 3.63) is 42.0 Å². The molecule has 100 valence electrons. The molecule has 2 aromatic heterocycles. The highest BCUT2D eigenvalue weighted by Gasteiger charge is 2.17. The number of nitrogens with one attached hydrogen (secondary N) is 1. The van der Waals surface area contributed by atoms with Crippen LogP contribution in [0.15, 0.2) is 30.7 Å². The first-order chi connectivity index (χ1) is 8.88. The standard InChI is InChI=1S/C11H12N4O3S/c1-8-10(11(16)14-19(2,17)18)7-13-15(8)9-3-5-12-6-4-9/h3-7H,1-2H3,(H,14,16). The first-order valence-electron chi connectivity index (χ1n) is 5.35. The zero-order valence-electron chi connectivity index (χ0n) is 10.4. The van der Waals surface area contributed by atoms with Gasteiger partial charge in [-0.25, -0.2) is 17.8 Å². The Morgan fingerprint density at radius 3 is 2.53 bits per heavy atom. The highest BCUT2D eigenvalue weighted by atomic mass is 32.2. The van der Waals surface area contributed by atoms with Gasteiger partial charge in [-0.3, -0.25) is 9.78 Å². The number of pyridine rings is 1. The van der Waals surface area contributed by atoms with Crippen LogP contribution in [0, 0.1) is 6.92 Å². The molecule has 0 aliphatic heterocycles. The number of rotatable bonds is 3. The third-order valence-corrected chi connectivity index (χ3v) is 3.00. The van der Waals surface area contributed by atoms with E-state index in [4.69, 9.17) is 0 Å². The molecular formula is C11H12N4O3S. The molecule has 0 aliphatic carbocycles. The largest absolute Gasteiger partial charge is 0.268 e. The quantitative estimate of drug-likeness (QED) is 0.870. The summed E-state index contributed by atoms with van der Waals surface area (Å²) in [6, 6.07) is 3.47. The Morgan fingerprint density at radius 1 is 1.32 bits per heavy atom. The number of aromatic nitrogens is 3. The van der Waals surface area contributed by atoms with Crippen LogP contribution < -0.4 is 4.72 Å². The summed E-state index contributed by atoms with van der Waals surface area (Å²) in [5.74, 6) is -0.694. The summed E-state index contributed by atoms with van der Waals surface area (Å²) in [6.07, 6.45) is 5.46. The Kier molecular flexibility index (Phi) is 3.34. The second-order valence-electron chi connectivity index (χ2n) is 3.96. The Morgan fingerprint density at radius 2 is 1.95 bits per heavy atom. The van der Waals surface area contributed by atoms with Gasteiger partial charge in [0.1, 0.15) is 0 Å². The molecule has 0 bridgehead atoms. The maximum Gasteiger partial charge on any atom is 0.268 e. The molecule has 1 amide bonds. The minimum Gasteiger partial charge on any atom is -0.268 e. The van der Waals surface area contributed by atoms with E-state index in [1.165, 1.54) is 6.20 Å². The zero-order valence-corrected chi connectivity index (χ0v) is 11.2. The van der Waals surface area contributed by atoms with E-state index in [0.29, 0.717) is 5.69 Å². The lowest BCUT2D eigenvalue weighted by molar-refractivity contribution is 0.0981. The molecule has 2 aromatic rings. The average molecular weight is 280 g/mol. The average Bonchev–Trinajstić information content (AvgIpc) is 2.70. The van der Waals surface area contributed by atoms with Gasteiger partial charge in [-0.1, -0.05) is 0 Å². The van der Waals surface area contributed by atoms with Crippen LogP contribution in [0.5, 0.6) is 0 Å². The fourth-order valence-corrected chi connectivity index (χ4v) is 2.05. The monoisotopic (exact) mass is 280 g/mol. The predicted molar refractivity (Wildman–Crippen MR) is 68.4 cm³/mol. The molecule has 0 aliphatic rings. The summed E-state index contributed by atoms with van der Waals surface area (Å²) >= 11 is 0. The number of hydrogen-bond donors (Lipinski definition) is 1. The summed E-state index contributed by atoms with van der Waals surface area (Å²) in [5, 5.41) is 4.07. The van der Waals surface area contributed by atoms with Gasteiger partial charge in [-0.05, 0) is 19.1 Å². The van der Waals surface area contributed by atoms with Gasteiger partial charge in [0.05, 0.1) is 29.4 Å². The van der Waals surface area contributed by atoms with Crippen molar-refractivity contribution in [3.8, 4) is 5.69 Å². The summed E-state index contributed by atoms with van der Waals surface area (Å²) in [5.41, 5.74) is 1.50. The van der Waals surface area contributed by atoms with Crippen molar-refractivity contribution in [1.29, 1.82) is 0 Å². The van der Waals surface area contributed by atoms with E-state index >= 15 is 0 Å². The lowest BCUT2D eigenvalue weighted by Crippen LogP contribution is -2.29. The molecule has 1 N–H and O–H groups in total. The Hall–Kier alpha value is -2.22. The Bertz CT molecular complexity index is 707. The molecule has 7 nitrogen and oxygen atoms in total. The second kappa shape index (κ2) is 4.81. The molecule has 0 aromatic carbocycles. The van der Waals surface area contributed by atoms with Crippen molar-refractivity contribution in [2.75, 3.05) is 6.26 Å². The molecule has 0 atom stereocenters. The summed E-state index contributed by atoms with van der Waals surface area (Å²) in [7, 11) is -3.59. The fraction of sp³-hybridized carbons (Fsp3) is 0.182. The Balaban J connectivity index is 2.37. The molecule has 0 saturated carbocycles. The SMILES string of the molecule is Cc1c(C(=O)NS(C)(=O)=O)cnn1-c1ccncc1. The van der Waals surface area contributed by atoms with E-state index in [1.54, 1.807) is 36.1 Å². The van der Waals surface area contributed by atoms with Crippen LogP contribution in [0.25, 0.3) is 5.69 Å². The molecule has 0 fully saturated rings. The molecule has 2 rings (SSSR count). The maximum absolute atomic E-state index is 11.8. The van der Waals surface area contributed by atoms with Gasteiger partial charge in [0.15, 0.2) is 0 Å². The first-order valence-corrected chi connectivity index (χ1v) is 7.25. The van der Waals surface area contributed by atoms with Crippen molar-refractivity contribution >= 4 is 15.9 Å². The van der Waals surface area contributed by atoms with Crippen LogP contribution >= 0.6 is 0 Å². The summed E-state index contributed by atoms with van der Waals surface area (Å²) in [6.45, 7) is 1.69. The van der Waals surface area contributed by atoms with E-state index in [9.17, 15) is 13.2 Å². The first kappa shape index (κ1) is 13.2. The topological polar surface area (TPSA) is 94.0 Å². The van der Waals surface area contributed by atoms with Crippen molar-refractivity contribution in [2.24, 2.45) is 0 Å². The normalized spacial score (nSPS) is 11.3. The van der Waals surface area contributed by atoms with E-state index in [1.807, 2.05) is 4.72 Å². The number of carbonyl (C=O) groups is 1. The van der Waals surface area contributed by atoms with Gasteiger partial charge in [-0.15, -0.1) is 0 Å². The third-order valence-electron chi connectivity index (χ3n) is 2.44. The third kappa shape index (κ3) is 2.97. The minimum atomic E-state index is -3.59. The van der Waals surface area contributed by atoms with E-state index in [2.05, 4.69) is 10.1 Å². The fourth-order valence-electron chi connectivity index (χ4n) is 1.60. The van der Waals surface area contributed by atoms with Gasteiger partial charge < -0.3 is 0 Å². The van der Waals surface area contributed by atoms with Crippen LogP contribution in [-0.2, 0) is 10.0 Å². The lowest BCUT2D eigenvalue weighted by atomic mass is 10.2. The van der Waals surface area contributed by atoms with Gasteiger partial charge in [0, 0.05) is 12.4 Å². The Labute approximate surface area is 110 Å². The number of sulfonamides is 1. The second-order valence-corrected chi connectivity index (χ2v) is 5.71. The van der Waals surface area contributed by atoms with Gasteiger partial charge in [0.25, 0.3) is 5.91 Å². The molecule has 0 saturated heterocycles. The molecule has 0 radical (unpaired) electrons. The zero-order chi connectivity index (χ0) is 14.0. The van der Waals surface area contributed by atoms with Gasteiger partial charge in [-0.2, -0.15) is 5.10 Å². The van der Waals surface area contributed by atoms with Crippen molar-refractivity contribution in [1.82, 2.24) is 19.5 Å². The van der Waals surface area contributed by atoms with Crippen LogP contribution in [0.3, 0.4) is 0 Å². The smallest absolute Gasteiger partial charge is 0.268 e. The summed E-state index contributed by atoms with van der Waals surface area (Å²) in [4.78, 5) is 15.7.